The number of ketones is 2. The van der Waals surface area contributed by atoms with E-state index >= 15 is 0 Å². The topological polar surface area (TPSA) is 98.8 Å². The monoisotopic (exact) mass is 533 g/mol. The van der Waals surface area contributed by atoms with Gasteiger partial charge in [-0.05, 0) is 74.8 Å². The molecule has 0 spiro atoms. The van der Waals surface area contributed by atoms with Crippen molar-refractivity contribution in [3.63, 3.8) is 0 Å². The molecule has 7 nitrogen and oxygen atoms in total. The largest absolute Gasteiger partial charge is 0.457 e. The fourth-order valence-corrected chi connectivity index (χ4v) is 6.02. The van der Waals surface area contributed by atoms with E-state index in [-0.39, 0.29) is 42.1 Å². The molecule has 208 valence electrons. The van der Waals surface area contributed by atoms with Crippen LogP contribution in [0.2, 0.25) is 0 Å². The minimum absolute atomic E-state index is 0.0334. The Morgan fingerprint density at radius 1 is 0.872 bits per heavy atom. The van der Waals surface area contributed by atoms with Crippen LogP contribution in [0.3, 0.4) is 0 Å². The van der Waals surface area contributed by atoms with E-state index < -0.39 is 11.5 Å². The Hall–Kier alpha value is -3.48. The number of rotatable bonds is 12. The van der Waals surface area contributed by atoms with Gasteiger partial charge in [-0.15, -0.1) is 0 Å². The van der Waals surface area contributed by atoms with Gasteiger partial charge >= 0.3 is 12.1 Å². The summed E-state index contributed by atoms with van der Waals surface area (Å²) in [4.78, 5) is 49.2. The van der Waals surface area contributed by atoms with Gasteiger partial charge in [-0.25, -0.2) is 4.79 Å². The van der Waals surface area contributed by atoms with Crippen LogP contribution in [0.4, 0.5) is 4.79 Å². The maximum Gasteiger partial charge on any atom is 0.407 e. The van der Waals surface area contributed by atoms with Crippen molar-refractivity contribution >= 4 is 23.6 Å². The maximum absolute atomic E-state index is 13.2. The zero-order valence-electron chi connectivity index (χ0n) is 23.0. The summed E-state index contributed by atoms with van der Waals surface area (Å²) in [7, 11) is 0. The first kappa shape index (κ1) is 28.5. The van der Waals surface area contributed by atoms with Crippen LogP contribution in [-0.2, 0) is 31.1 Å². The standard InChI is InChI=1S/C32H39NO6/c1-23(7-6-20-33-30(37)39-21-25-8-4-3-5-9-25)29(36)38-22-28(35)32-17-14-31(15-18-32,16-19-32)27-12-10-26(11-13-27)24(2)34/h3-5,8-13,23H,6-7,14-22H2,1-2H3,(H,33,37)/t23-,31?,32?/m0/s1. The number of ether oxygens (including phenoxy) is 2. The molecule has 0 aromatic heterocycles. The molecule has 1 atom stereocenters. The summed E-state index contributed by atoms with van der Waals surface area (Å²) in [6, 6.07) is 17.4. The van der Waals surface area contributed by atoms with Crippen molar-refractivity contribution < 1.29 is 28.7 Å². The normalized spacial score (nSPS) is 22.5. The van der Waals surface area contributed by atoms with Crippen molar-refractivity contribution in [2.75, 3.05) is 13.2 Å². The maximum atomic E-state index is 13.2. The van der Waals surface area contributed by atoms with Crippen LogP contribution >= 0.6 is 0 Å². The molecule has 0 aliphatic heterocycles. The summed E-state index contributed by atoms with van der Waals surface area (Å²) in [5, 5.41) is 2.70. The average molecular weight is 534 g/mol. The van der Waals surface area contributed by atoms with Crippen molar-refractivity contribution in [2.24, 2.45) is 11.3 Å². The first-order chi connectivity index (χ1) is 18.7. The zero-order valence-corrected chi connectivity index (χ0v) is 23.0. The van der Waals surface area contributed by atoms with Crippen molar-refractivity contribution in [1.29, 1.82) is 0 Å². The molecular formula is C32H39NO6. The zero-order chi connectivity index (χ0) is 27.9. The predicted octanol–water partition coefficient (Wildman–Crippen LogP) is 5.94. The van der Waals surface area contributed by atoms with Crippen molar-refractivity contribution in [3.05, 3.63) is 71.3 Å². The molecule has 0 radical (unpaired) electrons. The third-order valence-electron chi connectivity index (χ3n) is 8.79. The Labute approximate surface area is 230 Å². The van der Waals surface area contributed by atoms with Crippen molar-refractivity contribution in [2.45, 2.75) is 77.2 Å². The number of alkyl carbamates (subject to hydrolysis) is 1. The number of esters is 1. The number of amides is 1. The number of carbonyl (C=O) groups excluding carboxylic acids is 4. The van der Waals surface area contributed by atoms with Gasteiger partial charge in [0.15, 0.2) is 18.2 Å². The van der Waals surface area contributed by atoms with E-state index in [1.54, 1.807) is 13.8 Å². The van der Waals surface area contributed by atoms with Gasteiger partial charge in [-0.3, -0.25) is 14.4 Å². The van der Waals surface area contributed by atoms with Crippen LogP contribution < -0.4 is 5.32 Å². The Morgan fingerprint density at radius 3 is 2.13 bits per heavy atom. The minimum Gasteiger partial charge on any atom is -0.457 e. The number of carbonyl (C=O) groups is 4. The van der Waals surface area contributed by atoms with Gasteiger partial charge < -0.3 is 14.8 Å². The van der Waals surface area contributed by atoms with Gasteiger partial charge in [0.1, 0.15) is 6.61 Å². The Kier molecular flexibility index (Phi) is 9.20. The lowest BCUT2D eigenvalue weighted by molar-refractivity contribution is -0.156. The molecule has 7 heteroatoms. The van der Waals surface area contributed by atoms with Gasteiger partial charge in [0.25, 0.3) is 0 Å². The average Bonchev–Trinajstić information content (AvgIpc) is 2.98. The van der Waals surface area contributed by atoms with E-state index in [0.29, 0.717) is 19.4 Å². The number of hydrogen-bond donors (Lipinski definition) is 1. The van der Waals surface area contributed by atoms with E-state index in [9.17, 15) is 19.2 Å². The van der Waals surface area contributed by atoms with Crippen LogP contribution in [0.15, 0.2) is 54.6 Å². The second kappa shape index (κ2) is 12.6. The SMILES string of the molecule is CC(=O)c1ccc(C23CCC(C(=O)COC(=O)[C@@H](C)CCCNC(=O)OCc4ccccc4)(CC2)CC3)cc1. The molecule has 1 amide bonds. The third-order valence-corrected chi connectivity index (χ3v) is 8.79. The van der Waals surface area contributed by atoms with Gasteiger partial charge in [0.2, 0.25) is 0 Å². The molecule has 3 saturated carbocycles. The second-order valence-electron chi connectivity index (χ2n) is 11.3. The number of nitrogens with one attached hydrogen (secondary N) is 1. The highest BCUT2D eigenvalue weighted by molar-refractivity contribution is 5.94. The summed E-state index contributed by atoms with van der Waals surface area (Å²) in [6.45, 7) is 3.79. The highest BCUT2D eigenvalue weighted by atomic mass is 16.5. The van der Waals surface area contributed by atoms with Gasteiger partial charge in [0.05, 0.1) is 5.92 Å². The summed E-state index contributed by atoms with van der Waals surface area (Å²) >= 11 is 0. The van der Waals surface area contributed by atoms with Crippen LogP contribution in [0.25, 0.3) is 0 Å². The summed E-state index contributed by atoms with van der Waals surface area (Å²) < 4.78 is 10.6. The molecule has 2 bridgehead atoms. The number of benzene rings is 2. The van der Waals surface area contributed by atoms with E-state index in [2.05, 4.69) is 17.4 Å². The van der Waals surface area contributed by atoms with Crippen LogP contribution in [0.1, 0.15) is 86.7 Å². The lowest BCUT2D eigenvalue weighted by Gasteiger charge is -2.53. The highest BCUT2D eigenvalue weighted by Crippen LogP contribution is 2.58. The molecule has 0 heterocycles. The molecule has 0 unspecified atom stereocenters. The number of hydrogen-bond acceptors (Lipinski definition) is 6. The smallest absolute Gasteiger partial charge is 0.407 e. The fraction of sp³-hybridized carbons (Fsp3) is 0.500. The van der Waals surface area contributed by atoms with Crippen LogP contribution in [0.5, 0.6) is 0 Å². The van der Waals surface area contributed by atoms with Gasteiger partial charge in [-0.2, -0.15) is 0 Å². The molecule has 3 aliphatic rings. The molecular weight excluding hydrogens is 494 g/mol. The van der Waals surface area contributed by atoms with E-state index in [4.69, 9.17) is 9.47 Å². The van der Waals surface area contributed by atoms with Crippen LogP contribution in [0, 0.1) is 11.3 Å². The molecule has 3 fully saturated rings. The predicted molar refractivity (Wildman–Crippen MR) is 147 cm³/mol. The molecule has 1 N–H and O–H groups in total. The highest BCUT2D eigenvalue weighted by Gasteiger charge is 2.52. The molecule has 2 aromatic rings. The molecule has 0 saturated heterocycles. The molecule has 39 heavy (non-hydrogen) atoms. The summed E-state index contributed by atoms with van der Waals surface area (Å²) in [5.74, 6) is -0.638. The molecule has 3 aliphatic carbocycles. The van der Waals surface area contributed by atoms with Gasteiger partial charge in [-0.1, -0.05) is 61.5 Å². The third kappa shape index (κ3) is 6.94. The van der Waals surface area contributed by atoms with Crippen molar-refractivity contribution in [1.82, 2.24) is 5.32 Å². The lowest BCUT2D eigenvalue weighted by atomic mass is 9.51. The second-order valence-corrected chi connectivity index (χ2v) is 11.3. The minimum atomic E-state index is -0.490. The summed E-state index contributed by atoms with van der Waals surface area (Å²) in [6.07, 6.45) is 5.87. The van der Waals surface area contributed by atoms with Crippen molar-refractivity contribution in [3.8, 4) is 0 Å². The first-order valence-corrected chi connectivity index (χ1v) is 14.0. The van der Waals surface area contributed by atoms with Gasteiger partial charge in [0, 0.05) is 17.5 Å². The van der Waals surface area contributed by atoms with Crippen LogP contribution in [-0.4, -0.2) is 36.8 Å². The lowest BCUT2D eigenvalue weighted by Crippen LogP contribution is -2.49. The number of fused-ring (bicyclic) bond motifs is 3. The van der Waals surface area contributed by atoms with E-state index in [1.165, 1.54) is 5.56 Å². The Balaban J connectivity index is 1.15. The quantitative estimate of drug-likeness (QED) is 0.206. The van der Waals surface area contributed by atoms with E-state index in [0.717, 1.165) is 49.7 Å². The van der Waals surface area contributed by atoms with E-state index in [1.807, 2.05) is 42.5 Å². The fourth-order valence-electron chi connectivity index (χ4n) is 6.02. The first-order valence-electron chi connectivity index (χ1n) is 14.0. The summed E-state index contributed by atoms with van der Waals surface area (Å²) in [5.41, 5.74) is 2.57. The number of Topliss-reactive ketones (excluding diaryl/α,β-unsaturated/α-hetero) is 2. The Morgan fingerprint density at radius 2 is 1.51 bits per heavy atom. The molecule has 2 aromatic carbocycles. The molecule has 5 rings (SSSR count). The Bertz CT molecular complexity index is 1150.